The number of esters is 1. The molecular weight excluding hydrogens is 246 g/mol. The number of carbonyl (C=O) groups excluding carboxylic acids is 2. The molecule has 19 heavy (non-hydrogen) atoms. The molecule has 0 aliphatic heterocycles. The lowest BCUT2D eigenvalue weighted by atomic mass is 9.82. The fourth-order valence-corrected chi connectivity index (χ4v) is 2.22. The number of carbonyl (C=O) groups is 2. The summed E-state index contributed by atoms with van der Waals surface area (Å²) in [5.41, 5.74) is -1.09. The molecule has 110 valence electrons. The fraction of sp³-hybridized carbons (Fsp3) is 0.857. The minimum absolute atomic E-state index is 0.131. The predicted octanol–water partition coefficient (Wildman–Crippen LogP) is 0.847. The Balaban J connectivity index is 2.42. The number of hydrogen-bond acceptors (Lipinski definition) is 5. The van der Waals surface area contributed by atoms with Gasteiger partial charge in [0.1, 0.15) is 5.41 Å². The van der Waals surface area contributed by atoms with E-state index in [1.807, 2.05) is 11.9 Å². The van der Waals surface area contributed by atoms with Gasteiger partial charge in [-0.25, -0.2) is 0 Å². The van der Waals surface area contributed by atoms with E-state index in [1.165, 1.54) is 0 Å². The zero-order valence-electron chi connectivity index (χ0n) is 12.3. The molecule has 0 unspecified atom stereocenters. The first kappa shape index (κ1) is 16.1. The van der Waals surface area contributed by atoms with E-state index in [4.69, 9.17) is 4.74 Å². The van der Waals surface area contributed by atoms with Gasteiger partial charge in [-0.15, -0.1) is 0 Å². The molecule has 0 aromatic rings. The van der Waals surface area contributed by atoms with E-state index >= 15 is 0 Å². The van der Waals surface area contributed by atoms with Crippen LogP contribution in [0.4, 0.5) is 0 Å². The molecule has 5 heteroatoms. The molecular formula is C14H25NO4. The Hall–Kier alpha value is -0.940. The van der Waals surface area contributed by atoms with Crippen LogP contribution in [0.25, 0.3) is 0 Å². The topological polar surface area (TPSA) is 66.8 Å². The highest BCUT2D eigenvalue weighted by Gasteiger charge is 2.38. The van der Waals surface area contributed by atoms with E-state index in [-0.39, 0.29) is 25.0 Å². The van der Waals surface area contributed by atoms with Gasteiger partial charge in [-0.1, -0.05) is 0 Å². The van der Waals surface area contributed by atoms with E-state index < -0.39 is 11.4 Å². The molecule has 0 amide bonds. The molecule has 0 radical (unpaired) electrons. The summed E-state index contributed by atoms with van der Waals surface area (Å²) in [6, 6.07) is 0. The number of aliphatic hydroxyl groups excluding tert-OH is 1. The number of hydrogen-bond donors (Lipinski definition) is 1. The summed E-state index contributed by atoms with van der Waals surface area (Å²) in [6.45, 7) is 6.24. The van der Waals surface area contributed by atoms with Gasteiger partial charge in [0.05, 0.1) is 19.3 Å². The molecule has 1 N–H and O–H groups in total. The third kappa shape index (κ3) is 4.28. The van der Waals surface area contributed by atoms with Crippen molar-refractivity contribution in [3.63, 3.8) is 0 Å². The molecule has 0 saturated heterocycles. The Labute approximate surface area is 114 Å². The van der Waals surface area contributed by atoms with Crippen molar-refractivity contribution in [2.45, 2.75) is 39.7 Å². The average molecular weight is 271 g/mol. The molecule has 0 bridgehead atoms. The van der Waals surface area contributed by atoms with Gasteiger partial charge in [-0.05, 0) is 46.6 Å². The molecule has 0 aromatic carbocycles. The second-order valence-electron chi connectivity index (χ2n) is 5.96. The van der Waals surface area contributed by atoms with Crippen LogP contribution in [0.3, 0.4) is 0 Å². The largest absolute Gasteiger partial charge is 0.465 e. The van der Waals surface area contributed by atoms with Crippen molar-refractivity contribution in [1.82, 2.24) is 4.90 Å². The molecule has 1 aliphatic rings. The lowest BCUT2D eigenvalue weighted by Gasteiger charge is -2.34. The minimum Gasteiger partial charge on any atom is -0.465 e. The Morgan fingerprint density at radius 2 is 1.95 bits per heavy atom. The first-order chi connectivity index (χ1) is 8.77. The standard InChI is InChI=1S/C14H25NO4/c1-5-19-13(18)14(2,3)12(17)9-15(4)8-10-6-11(16)7-10/h10-11,16H,5-9H2,1-4H3. The predicted molar refractivity (Wildman–Crippen MR) is 71.6 cm³/mol. The van der Waals surface area contributed by atoms with Crippen molar-refractivity contribution in [3.05, 3.63) is 0 Å². The third-order valence-corrected chi connectivity index (χ3v) is 3.68. The zero-order chi connectivity index (χ0) is 14.6. The Bertz CT molecular complexity index is 334. The molecule has 0 heterocycles. The summed E-state index contributed by atoms with van der Waals surface area (Å²) in [5.74, 6) is -0.140. The van der Waals surface area contributed by atoms with E-state index in [1.54, 1.807) is 20.8 Å². The van der Waals surface area contributed by atoms with Gasteiger partial charge in [-0.3, -0.25) is 14.5 Å². The number of nitrogens with zero attached hydrogens (tertiary/aromatic N) is 1. The quantitative estimate of drug-likeness (QED) is 0.549. The van der Waals surface area contributed by atoms with E-state index in [0.717, 1.165) is 19.4 Å². The van der Waals surface area contributed by atoms with Crippen molar-refractivity contribution in [3.8, 4) is 0 Å². The summed E-state index contributed by atoms with van der Waals surface area (Å²) >= 11 is 0. The van der Waals surface area contributed by atoms with Crippen LogP contribution in [-0.2, 0) is 14.3 Å². The number of aliphatic hydroxyl groups is 1. The number of Topliss-reactive ketones (excluding diaryl/α,β-unsaturated/α-hetero) is 1. The van der Waals surface area contributed by atoms with Crippen LogP contribution in [0.2, 0.25) is 0 Å². The monoisotopic (exact) mass is 271 g/mol. The average Bonchev–Trinajstić information content (AvgIpc) is 2.27. The van der Waals surface area contributed by atoms with Crippen LogP contribution < -0.4 is 0 Å². The maximum atomic E-state index is 12.2. The number of rotatable bonds is 7. The highest BCUT2D eigenvalue weighted by molar-refractivity contribution is 6.03. The van der Waals surface area contributed by atoms with E-state index in [0.29, 0.717) is 5.92 Å². The summed E-state index contributed by atoms with van der Waals surface area (Å²) in [7, 11) is 1.86. The van der Waals surface area contributed by atoms with Gasteiger partial charge in [-0.2, -0.15) is 0 Å². The first-order valence-corrected chi connectivity index (χ1v) is 6.84. The molecule has 1 aliphatic carbocycles. The van der Waals surface area contributed by atoms with Crippen LogP contribution in [0.15, 0.2) is 0 Å². The second-order valence-corrected chi connectivity index (χ2v) is 5.96. The summed E-state index contributed by atoms with van der Waals surface area (Å²) in [4.78, 5) is 25.8. The first-order valence-electron chi connectivity index (χ1n) is 6.84. The van der Waals surface area contributed by atoms with E-state index in [9.17, 15) is 14.7 Å². The van der Waals surface area contributed by atoms with Crippen molar-refractivity contribution in [2.75, 3.05) is 26.7 Å². The second kappa shape index (κ2) is 6.48. The van der Waals surface area contributed by atoms with Crippen LogP contribution in [0.1, 0.15) is 33.6 Å². The Morgan fingerprint density at radius 1 is 1.37 bits per heavy atom. The smallest absolute Gasteiger partial charge is 0.319 e. The van der Waals surface area contributed by atoms with Crippen LogP contribution >= 0.6 is 0 Å². The summed E-state index contributed by atoms with van der Waals surface area (Å²) < 4.78 is 4.93. The number of ketones is 1. The van der Waals surface area contributed by atoms with Crippen LogP contribution in [0, 0.1) is 11.3 Å². The maximum absolute atomic E-state index is 12.2. The lowest BCUT2D eigenvalue weighted by molar-refractivity contribution is -0.158. The van der Waals surface area contributed by atoms with Gasteiger partial charge in [0, 0.05) is 6.54 Å². The molecule has 0 atom stereocenters. The molecule has 1 saturated carbocycles. The normalized spacial score (nSPS) is 23.1. The SMILES string of the molecule is CCOC(=O)C(C)(C)C(=O)CN(C)CC1CC(O)C1. The van der Waals surface area contributed by atoms with E-state index in [2.05, 4.69) is 0 Å². The van der Waals surface area contributed by atoms with Crippen molar-refractivity contribution in [1.29, 1.82) is 0 Å². The third-order valence-electron chi connectivity index (χ3n) is 3.68. The molecule has 1 rings (SSSR count). The highest BCUT2D eigenvalue weighted by Crippen LogP contribution is 2.28. The van der Waals surface area contributed by atoms with Gasteiger partial charge < -0.3 is 9.84 Å². The van der Waals surface area contributed by atoms with Crippen molar-refractivity contribution >= 4 is 11.8 Å². The summed E-state index contributed by atoms with van der Waals surface area (Å²) in [6.07, 6.45) is 1.43. The maximum Gasteiger partial charge on any atom is 0.319 e. The molecule has 1 fully saturated rings. The van der Waals surface area contributed by atoms with Crippen LogP contribution in [-0.4, -0.2) is 54.6 Å². The number of ether oxygens (including phenoxy) is 1. The molecule has 0 spiro atoms. The van der Waals surface area contributed by atoms with Crippen molar-refractivity contribution < 1.29 is 19.4 Å². The van der Waals surface area contributed by atoms with Gasteiger partial charge in [0.15, 0.2) is 5.78 Å². The Kier molecular flexibility index (Phi) is 5.50. The Morgan fingerprint density at radius 3 is 2.42 bits per heavy atom. The van der Waals surface area contributed by atoms with Crippen molar-refractivity contribution in [2.24, 2.45) is 11.3 Å². The highest BCUT2D eigenvalue weighted by atomic mass is 16.5. The zero-order valence-corrected chi connectivity index (χ0v) is 12.3. The van der Waals surface area contributed by atoms with Gasteiger partial charge in [0.2, 0.25) is 0 Å². The minimum atomic E-state index is -1.09. The number of likely N-dealkylation sites (N-methyl/N-ethyl adjacent to an activating group) is 1. The molecule has 5 nitrogen and oxygen atoms in total. The van der Waals surface area contributed by atoms with Gasteiger partial charge in [0.25, 0.3) is 0 Å². The summed E-state index contributed by atoms with van der Waals surface area (Å²) in [5, 5.41) is 9.23. The van der Waals surface area contributed by atoms with Crippen LogP contribution in [0.5, 0.6) is 0 Å². The van der Waals surface area contributed by atoms with Gasteiger partial charge >= 0.3 is 5.97 Å². The fourth-order valence-electron chi connectivity index (χ4n) is 2.22. The molecule has 0 aromatic heterocycles. The lowest BCUT2D eigenvalue weighted by Crippen LogP contribution is -2.44.